The Morgan fingerprint density at radius 1 is 1.24 bits per heavy atom. The lowest BCUT2D eigenvalue weighted by Gasteiger charge is -2.18. The van der Waals surface area contributed by atoms with Crippen molar-refractivity contribution in [3.05, 3.63) is 62.7 Å². The van der Waals surface area contributed by atoms with Crippen LogP contribution in [0.2, 0.25) is 0 Å². The van der Waals surface area contributed by atoms with Crippen LogP contribution in [0, 0.1) is 10.1 Å². The summed E-state index contributed by atoms with van der Waals surface area (Å²) < 4.78 is 5.28. The van der Waals surface area contributed by atoms with Gasteiger partial charge in [-0.15, -0.1) is 0 Å². The second-order valence-electron chi connectivity index (χ2n) is 5.38. The van der Waals surface area contributed by atoms with Gasteiger partial charge in [0, 0.05) is 30.8 Å². The molecule has 9 heteroatoms. The van der Waals surface area contributed by atoms with Crippen molar-refractivity contribution in [2.24, 2.45) is 0 Å². The standard InChI is InChI=1S/C16H16N4O4S/c21-7-6-19(9-12-5-8-25-11-12)10-15-17-16(18-24-15)13-1-3-14(4-2-13)20(22)23/h1-5,8,11,21H,6-7,9-10H2. The van der Waals surface area contributed by atoms with Crippen LogP contribution < -0.4 is 0 Å². The molecule has 0 amide bonds. The van der Waals surface area contributed by atoms with E-state index in [0.29, 0.717) is 36.9 Å². The van der Waals surface area contributed by atoms with Crippen LogP contribution in [-0.4, -0.2) is 38.2 Å². The normalized spacial score (nSPS) is 11.1. The predicted octanol–water partition coefficient (Wildman–Crippen LogP) is 2.70. The van der Waals surface area contributed by atoms with Crippen molar-refractivity contribution < 1.29 is 14.6 Å². The summed E-state index contributed by atoms with van der Waals surface area (Å²) in [6.45, 7) is 1.62. The molecule has 1 N–H and O–H groups in total. The van der Waals surface area contributed by atoms with Crippen LogP contribution in [0.4, 0.5) is 5.69 Å². The van der Waals surface area contributed by atoms with Gasteiger partial charge in [0.25, 0.3) is 5.69 Å². The monoisotopic (exact) mass is 360 g/mol. The first-order valence-corrected chi connectivity index (χ1v) is 8.51. The van der Waals surface area contributed by atoms with E-state index in [1.807, 2.05) is 16.3 Å². The number of nitrogens with zero attached hydrogens (tertiary/aromatic N) is 4. The fraction of sp³-hybridized carbons (Fsp3) is 0.250. The lowest BCUT2D eigenvalue weighted by Crippen LogP contribution is -2.26. The van der Waals surface area contributed by atoms with Crippen molar-refractivity contribution in [1.29, 1.82) is 0 Å². The van der Waals surface area contributed by atoms with Gasteiger partial charge >= 0.3 is 0 Å². The Kier molecular flexibility index (Phi) is 5.49. The third-order valence-electron chi connectivity index (χ3n) is 3.57. The molecule has 0 radical (unpaired) electrons. The molecule has 0 atom stereocenters. The fourth-order valence-electron chi connectivity index (χ4n) is 2.36. The van der Waals surface area contributed by atoms with Gasteiger partial charge in [0.15, 0.2) is 0 Å². The van der Waals surface area contributed by atoms with Gasteiger partial charge < -0.3 is 9.63 Å². The lowest BCUT2D eigenvalue weighted by molar-refractivity contribution is -0.384. The highest BCUT2D eigenvalue weighted by Crippen LogP contribution is 2.20. The zero-order valence-electron chi connectivity index (χ0n) is 13.2. The molecule has 0 saturated heterocycles. The Balaban J connectivity index is 1.70. The zero-order valence-corrected chi connectivity index (χ0v) is 14.1. The molecule has 0 fully saturated rings. The van der Waals surface area contributed by atoms with E-state index in [9.17, 15) is 15.2 Å². The number of aliphatic hydroxyl groups excluding tert-OH is 1. The number of aromatic nitrogens is 2. The molecule has 0 saturated carbocycles. The van der Waals surface area contributed by atoms with E-state index in [1.165, 1.54) is 12.1 Å². The molecule has 3 aromatic rings. The SMILES string of the molecule is O=[N+]([O-])c1ccc(-c2noc(CN(CCO)Cc3ccsc3)n2)cc1. The summed E-state index contributed by atoms with van der Waals surface area (Å²) in [5, 5.41) is 27.9. The number of rotatable bonds is 8. The summed E-state index contributed by atoms with van der Waals surface area (Å²) in [5.74, 6) is 0.807. The van der Waals surface area contributed by atoms with Crippen molar-refractivity contribution in [3.63, 3.8) is 0 Å². The summed E-state index contributed by atoms with van der Waals surface area (Å²) in [5.41, 5.74) is 1.82. The van der Waals surface area contributed by atoms with Crippen molar-refractivity contribution in [2.45, 2.75) is 13.1 Å². The van der Waals surface area contributed by atoms with Gasteiger partial charge in [-0.1, -0.05) is 5.16 Å². The smallest absolute Gasteiger partial charge is 0.269 e. The van der Waals surface area contributed by atoms with Crippen LogP contribution in [0.3, 0.4) is 0 Å². The number of thiophene rings is 1. The first-order valence-electron chi connectivity index (χ1n) is 7.57. The maximum atomic E-state index is 10.7. The predicted molar refractivity (Wildman–Crippen MR) is 91.9 cm³/mol. The molecule has 0 bridgehead atoms. The second kappa shape index (κ2) is 7.97. The highest BCUT2D eigenvalue weighted by Gasteiger charge is 2.14. The average molecular weight is 360 g/mol. The molecule has 2 aromatic heterocycles. The number of hydrogen-bond donors (Lipinski definition) is 1. The summed E-state index contributed by atoms with van der Waals surface area (Å²) in [6, 6.07) is 8.01. The fourth-order valence-corrected chi connectivity index (χ4v) is 3.02. The van der Waals surface area contributed by atoms with E-state index < -0.39 is 4.92 Å². The first kappa shape index (κ1) is 17.2. The number of hydrogen-bond acceptors (Lipinski definition) is 8. The Hall–Kier alpha value is -2.62. The Morgan fingerprint density at radius 2 is 2.04 bits per heavy atom. The quantitative estimate of drug-likeness (QED) is 0.486. The number of non-ortho nitro benzene ring substituents is 1. The van der Waals surface area contributed by atoms with Gasteiger partial charge in [-0.2, -0.15) is 16.3 Å². The minimum Gasteiger partial charge on any atom is -0.395 e. The second-order valence-corrected chi connectivity index (χ2v) is 6.16. The van der Waals surface area contributed by atoms with Crippen LogP contribution in [0.15, 0.2) is 45.6 Å². The lowest BCUT2D eigenvalue weighted by atomic mass is 10.2. The third-order valence-corrected chi connectivity index (χ3v) is 4.30. The molecule has 0 aliphatic heterocycles. The topological polar surface area (TPSA) is 106 Å². The first-order chi connectivity index (χ1) is 12.2. The Morgan fingerprint density at radius 3 is 2.68 bits per heavy atom. The van der Waals surface area contributed by atoms with E-state index >= 15 is 0 Å². The Bertz CT molecular complexity index is 817. The molecule has 0 spiro atoms. The molecule has 3 rings (SSSR count). The maximum absolute atomic E-state index is 10.7. The number of benzene rings is 1. The Labute approximate surface area is 147 Å². The summed E-state index contributed by atoms with van der Waals surface area (Å²) in [6.07, 6.45) is 0. The van der Waals surface area contributed by atoms with Crippen molar-refractivity contribution in [3.8, 4) is 11.4 Å². The van der Waals surface area contributed by atoms with Crippen LogP contribution >= 0.6 is 11.3 Å². The molecular weight excluding hydrogens is 344 g/mol. The van der Waals surface area contributed by atoms with E-state index in [-0.39, 0.29) is 12.3 Å². The van der Waals surface area contributed by atoms with Gasteiger partial charge in [0.05, 0.1) is 18.1 Å². The summed E-state index contributed by atoms with van der Waals surface area (Å²) >= 11 is 1.62. The van der Waals surface area contributed by atoms with Crippen LogP contribution in [0.25, 0.3) is 11.4 Å². The minimum atomic E-state index is -0.456. The molecule has 25 heavy (non-hydrogen) atoms. The average Bonchev–Trinajstić information content (AvgIpc) is 3.27. The van der Waals surface area contributed by atoms with Gasteiger partial charge in [0.1, 0.15) is 0 Å². The van der Waals surface area contributed by atoms with E-state index in [0.717, 1.165) is 5.56 Å². The molecule has 8 nitrogen and oxygen atoms in total. The molecule has 2 heterocycles. The maximum Gasteiger partial charge on any atom is 0.269 e. The van der Waals surface area contributed by atoms with Crippen molar-refractivity contribution >= 4 is 17.0 Å². The highest BCUT2D eigenvalue weighted by molar-refractivity contribution is 7.07. The van der Waals surface area contributed by atoms with E-state index in [2.05, 4.69) is 15.5 Å². The van der Waals surface area contributed by atoms with Crippen molar-refractivity contribution in [2.75, 3.05) is 13.2 Å². The van der Waals surface area contributed by atoms with Gasteiger partial charge in [-0.3, -0.25) is 15.0 Å². The zero-order chi connectivity index (χ0) is 17.6. The molecule has 0 unspecified atom stereocenters. The molecule has 0 aliphatic rings. The van der Waals surface area contributed by atoms with Gasteiger partial charge in [0.2, 0.25) is 11.7 Å². The molecule has 1 aromatic carbocycles. The summed E-state index contributed by atoms with van der Waals surface area (Å²) in [7, 11) is 0. The van der Waals surface area contributed by atoms with E-state index in [1.54, 1.807) is 23.5 Å². The van der Waals surface area contributed by atoms with Crippen LogP contribution in [0.1, 0.15) is 11.5 Å². The third kappa shape index (κ3) is 4.47. The molecule has 0 aliphatic carbocycles. The van der Waals surface area contributed by atoms with Crippen LogP contribution in [-0.2, 0) is 13.1 Å². The van der Waals surface area contributed by atoms with Crippen LogP contribution in [0.5, 0.6) is 0 Å². The highest BCUT2D eigenvalue weighted by atomic mass is 32.1. The number of nitro groups is 1. The van der Waals surface area contributed by atoms with Crippen molar-refractivity contribution in [1.82, 2.24) is 15.0 Å². The number of nitro benzene ring substituents is 1. The van der Waals surface area contributed by atoms with Gasteiger partial charge in [-0.05, 0) is 34.5 Å². The van der Waals surface area contributed by atoms with Gasteiger partial charge in [-0.25, -0.2) is 0 Å². The molecular formula is C16H16N4O4S. The number of aliphatic hydroxyl groups is 1. The minimum absolute atomic E-state index is 0.0114. The molecule has 130 valence electrons. The largest absolute Gasteiger partial charge is 0.395 e. The van der Waals surface area contributed by atoms with E-state index in [4.69, 9.17) is 4.52 Å². The summed E-state index contributed by atoms with van der Waals surface area (Å²) in [4.78, 5) is 16.6.